The number of piperidine rings is 1. The van der Waals surface area contributed by atoms with E-state index in [4.69, 9.17) is 0 Å². The second kappa shape index (κ2) is 6.90. The lowest BCUT2D eigenvalue weighted by atomic mass is 9.96. The molecule has 0 saturated carbocycles. The highest BCUT2D eigenvalue weighted by atomic mass is 79.9. The second-order valence-corrected chi connectivity index (χ2v) is 6.46. The van der Waals surface area contributed by atoms with Gasteiger partial charge in [0.1, 0.15) is 0 Å². The Kier molecular flexibility index (Phi) is 5.49. The molecule has 0 aromatic heterocycles. The van der Waals surface area contributed by atoms with Gasteiger partial charge in [0.05, 0.1) is 0 Å². The number of amides is 1. The van der Waals surface area contributed by atoms with Gasteiger partial charge in [0.25, 0.3) is 0 Å². The van der Waals surface area contributed by atoms with Gasteiger partial charge in [0, 0.05) is 24.8 Å². The van der Waals surface area contributed by atoms with Gasteiger partial charge in [-0.25, -0.2) is 0 Å². The Bertz CT molecular complexity index is 277. The summed E-state index contributed by atoms with van der Waals surface area (Å²) in [6.07, 6.45) is 4.54. The van der Waals surface area contributed by atoms with Crippen molar-refractivity contribution in [2.24, 2.45) is 11.8 Å². The van der Waals surface area contributed by atoms with Gasteiger partial charge >= 0.3 is 0 Å². The Hall–Kier alpha value is -0.0900. The average Bonchev–Trinajstić information content (AvgIpc) is 2.73. The van der Waals surface area contributed by atoms with Crippen LogP contribution in [0.1, 0.15) is 32.6 Å². The number of hydrogen-bond donors (Lipinski definition) is 0. The first-order chi connectivity index (χ1) is 8.72. The summed E-state index contributed by atoms with van der Waals surface area (Å²) in [4.78, 5) is 16.5. The fourth-order valence-electron chi connectivity index (χ4n) is 3.15. The maximum absolute atomic E-state index is 11.9. The lowest BCUT2D eigenvalue weighted by Crippen LogP contribution is -2.39. The van der Waals surface area contributed by atoms with E-state index in [0.717, 1.165) is 30.8 Å². The molecule has 0 bridgehead atoms. The number of hydrogen-bond acceptors (Lipinski definition) is 2. The third-order valence-electron chi connectivity index (χ3n) is 4.24. The molecule has 2 rings (SSSR count). The zero-order chi connectivity index (χ0) is 13.0. The Balaban J connectivity index is 1.73. The Morgan fingerprint density at radius 3 is 2.56 bits per heavy atom. The number of rotatable bonds is 5. The zero-order valence-corrected chi connectivity index (χ0v) is 13.0. The summed E-state index contributed by atoms with van der Waals surface area (Å²) < 4.78 is 0. The molecule has 2 saturated heterocycles. The molecular weight excluding hydrogens is 292 g/mol. The van der Waals surface area contributed by atoms with E-state index in [2.05, 4.69) is 32.7 Å². The standard InChI is InChI=1S/C14H25BrN2O/c1-2-5-16-6-3-12(4-7-16)10-17-11-13(9-15)8-14(17)18/h12-13H,2-11H2,1H3. The van der Waals surface area contributed by atoms with Crippen LogP contribution in [0.4, 0.5) is 0 Å². The zero-order valence-electron chi connectivity index (χ0n) is 11.4. The minimum Gasteiger partial charge on any atom is -0.342 e. The maximum Gasteiger partial charge on any atom is 0.222 e. The van der Waals surface area contributed by atoms with Crippen LogP contribution >= 0.6 is 15.9 Å². The molecule has 0 aromatic carbocycles. The summed E-state index contributed by atoms with van der Waals surface area (Å²) in [5.74, 6) is 1.64. The van der Waals surface area contributed by atoms with Crippen LogP contribution in [0.5, 0.6) is 0 Å². The van der Waals surface area contributed by atoms with Crippen molar-refractivity contribution < 1.29 is 4.79 Å². The van der Waals surface area contributed by atoms with E-state index in [1.807, 2.05) is 0 Å². The van der Waals surface area contributed by atoms with Gasteiger partial charge in [-0.3, -0.25) is 4.79 Å². The molecule has 0 N–H and O–H groups in total. The molecule has 104 valence electrons. The van der Waals surface area contributed by atoms with Crippen molar-refractivity contribution in [2.45, 2.75) is 32.6 Å². The fourth-order valence-corrected chi connectivity index (χ4v) is 3.59. The molecular formula is C14H25BrN2O. The number of nitrogens with zero attached hydrogens (tertiary/aromatic N) is 2. The molecule has 1 amide bonds. The largest absolute Gasteiger partial charge is 0.342 e. The number of carbonyl (C=O) groups is 1. The van der Waals surface area contributed by atoms with Crippen LogP contribution in [0.2, 0.25) is 0 Å². The van der Waals surface area contributed by atoms with Gasteiger partial charge in [-0.05, 0) is 50.7 Å². The number of alkyl halides is 1. The first-order valence-electron chi connectivity index (χ1n) is 7.29. The van der Waals surface area contributed by atoms with E-state index in [9.17, 15) is 4.79 Å². The first-order valence-corrected chi connectivity index (χ1v) is 8.41. The quantitative estimate of drug-likeness (QED) is 0.727. The van der Waals surface area contributed by atoms with Gasteiger partial charge in [-0.1, -0.05) is 22.9 Å². The van der Waals surface area contributed by atoms with Crippen LogP contribution in [-0.4, -0.2) is 53.8 Å². The van der Waals surface area contributed by atoms with Gasteiger partial charge in [-0.2, -0.15) is 0 Å². The van der Waals surface area contributed by atoms with Crippen LogP contribution < -0.4 is 0 Å². The lowest BCUT2D eigenvalue weighted by molar-refractivity contribution is -0.128. The Labute approximate surface area is 119 Å². The van der Waals surface area contributed by atoms with E-state index in [-0.39, 0.29) is 0 Å². The van der Waals surface area contributed by atoms with Crippen LogP contribution in [0.25, 0.3) is 0 Å². The third-order valence-corrected chi connectivity index (χ3v) is 5.15. The molecule has 1 atom stereocenters. The highest BCUT2D eigenvalue weighted by molar-refractivity contribution is 9.09. The summed E-state index contributed by atoms with van der Waals surface area (Å²) >= 11 is 3.50. The third kappa shape index (κ3) is 3.70. The molecule has 0 aliphatic carbocycles. The molecule has 4 heteroatoms. The summed E-state index contributed by atoms with van der Waals surface area (Å²) in [6, 6.07) is 0. The van der Waals surface area contributed by atoms with Crippen molar-refractivity contribution in [2.75, 3.05) is 38.1 Å². The van der Waals surface area contributed by atoms with E-state index in [1.54, 1.807) is 0 Å². The Morgan fingerprint density at radius 2 is 2.00 bits per heavy atom. The molecule has 2 aliphatic rings. The van der Waals surface area contributed by atoms with Crippen molar-refractivity contribution in [3.8, 4) is 0 Å². The van der Waals surface area contributed by atoms with Crippen molar-refractivity contribution in [1.29, 1.82) is 0 Å². The van der Waals surface area contributed by atoms with Crippen molar-refractivity contribution in [3.05, 3.63) is 0 Å². The lowest BCUT2D eigenvalue weighted by Gasteiger charge is -2.33. The predicted molar refractivity (Wildman–Crippen MR) is 77.9 cm³/mol. The van der Waals surface area contributed by atoms with Crippen molar-refractivity contribution in [1.82, 2.24) is 9.80 Å². The van der Waals surface area contributed by atoms with E-state index < -0.39 is 0 Å². The molecule has 0 radical (unpaired) electrons. The molecule has 2 heterocycles. The smallest absolute Gasteiger partial charge is 0.222 e. The second-order valence-electron chi connectivity index (χ2n) is 5.81. The normalized spacial score (nSPS) is 27.1. The van der Waals surface area contributed by atoms with Crippen LogP contribution in [0.15, 0.2) is 0 Å². The summed E-state index contributed by atoms with van der Waals surface area (Å²) in [7, 11) is 0. The van der Waals surface area contributed by atoms with Gasteiger partial charge < -0.3 is 9.80 Å². The molecule has 18 heavy (non-hydrogen) atoms. The predicted octanol–water partition coefficient (Wildman–Crippen LogP) is 2.35. The summed E-state index contributed by atoms with van der Waals surface area (Å²) in [5, 5.41) is 0.962. The van der Waals surface area contributed by atoms with Crippen molar-refractivity contribution >= 4 is 21.8 Å². The molecule has 0 spiro atoms. The van der Waals surface area contributed by atoms with Crippen molar-refractivity contribution in [3.63, 3.8) is 0 Å². The number of likely N-dealkylation sites (tertiary alicyclic amines) is 2. The number of halogens is 1. The van der Waals surface area contributed by atoms with Crippen LogP contribution in [0.3, 0.4) is 0 Å². The summed E-state index contributed by atoms with van der Waals surface area (Å²) in [5.41, 5.74) is 0. The SMILES string of the molecule is CCCN1CCC(CN2CC(CBr)CC2=O)CC1. The van der Waals surface area contributed by atoms with Crippen LogP contribution in [-0.2, 0) is 4.79 Å². The highest BCUT2D eigenvalue weighted by Crippen LogP contribution is 2.24. The topological polar surface area (TPSA) is 23.6 Å². The molecule has 2 fully saturated rings. The van der Waals surface area contributed by atoms with Gasteiger partial charge in [0.2, 0.25) is 5.91 Å². The van der Waals surface area contributed by atoms with Gasteiger partial charge in [0.15, 0.2) is 0 Å². The first kappa shape index (κ1) is 14.3. The number of carbonyl (C=O) groups excluding carboxylic acids is 1. The van der Waals surface area contributed by atoms with Gasteiger partial charge in [-0.15, -0.1) is 0 Å². The van der Waals surface area contributed by atoms with E-state index in [1.165, 1.54) is 38.9 Å². The monoisotopic (exact) mass is 316 g/mol. The van der Waals surface area contributed by atoms with Crippen LogP contribution in [0, 0.1) is 11.8 Å². The van der Waals surface area contributed by atoms with E-state index >= 15 is 0 Å². The molecule has 0 aromatic rings. The Morgan fingerprint density at radius 1 is 1.28 bits per heavy atom. The average molecular weight is 317 g/mol. The minimum atomic E-state index is 0.371. The minimum absolute atomic E-state index is 0.371. The summed E-state index contributed by atoms with van der Waals surface area (Å²) in [6.45, 7) is 7.91. The molecule has 2 aliphatic heterocycles. The molecule has 3 nitrogen and oxygen atoms in total. The van der Waals surface area contributed by atoms with E-state index in [0.29, 0.717) is 11.8 Å². The fraction of sp³-hybridized carbons (Fsp3) is 0.929. The molecule has 1 unspecified atom stereocenters. The highest BCUT2D eigenvalue weighted by Gasteiger charge is 2.31. The maximum atomic E-state index is 11.9.